The van der Waals surface area contributed by atoms with Gasteiger partial charge < -0.3 is 11.1 Å². The van der Waals surface area contributed by atoms with Crippen molar-refractivity contribution in [2.24, 2.45) is 11.1 Å². The average Bonchev–Trinajstić information content (AvgIpc) is 2.99. The summed E-state index contributed by atoms with van der Waals surface area (Å²) in [6, 6.07) is 3.99. The van der Waals surface area contributed by atoms with Crippen molar-refractivity contribution in [3.05, 3.63) is 46.0 Å². The summed E-state index contributed by atoms with van der Waals surface area (Å²) in [5, 5.41) is 7.93. The molecule has 0 saturated carbocycles. The number of nitrogens with two attached hydrogens (primary N) is 1. The lowest BCUT2D eigenvalue weighted by Crippen LogP contribution is -2.32. The molecule has 0 bridgehead atoms. The number of nitrogens with one attached hydrogen (secondary N) is 1. The molecule has 1 atom stereocenters. The van der Waals surface area contributed by atoms with Crippen LogP contribution in [0.25, 0.3) is 16.8 Å². The number of halogens is 3. The van der Waals surface area contributed by atoms with Crippen LogP contribution in [0.1, 0.15) is 38.1 Å². The molecule has 0 saturated heterocycles. The molecule has 0 spiro atoms. The first kappa shape index (κ1) is 20.4. The van der Waals surface area contributed by atoms with E-state index in [0.717, 1.165) is 0 Å². The van der Waals surface area contributed by atoms with Crippen molar-refractivity contribution in [2.45, 2.75) is 33.7 Å². The van der Waals surface area contributed by atoms with Crippen LogP contribution in [0.2, 0.25) is 10.2 Å². The Morgan fingerprint density at radius 3 is 2.57 bits per heavy atom. The Morgan fingerprint density at radius 1 is 1.32 bits per heavy atom. The van der Waals surface area contributed by atoms with E-state index in [0.29, 0.717) is 16.9 Å². The Kier molecular flexibility index (Phi) is 5.25. The molecular formula is C19H20Cl2FN5O. The number of hydrogen-bond donors (Lipinski definition) is 2. The van der Waals surface area contributed by atoms with Crippen LogP contribution in [0.4, 0.5) is 10.2 Å². The van der Waals surface area contributed by atoms with Gasteiger partial charge in [0.15, 0.2) is 5.65 Å². The summed E-state index contributed by atoms with van der Waals surface area (Å²) >= 11 is 12.8. The second-order valence-corrected chi connectivity index (χ2v) is 8.41. The minimum atomic E-state index is -0.666. The predicted octanol–water partition coefficient (Wildman–Crippen LogP) is 4.79. The summed E-state index contributed by atoms with van der Waals surface area (Å²) in [4.78, 5) is 16.0. The van der Waals surface area contributed by atoms with Crippen LogP contribution in [-0.2, 0) is 0 Å². The van der Waals surface area contributed by atoms with Crippen LogP contribution < -0.4 is 11.1 Å². The smallest absolute Gasteiger partial charge is 0.254 e. The number of hydrogen-bond acceptors (Lipinski definition) is 4. The first-order chi connectivity index (χ1) is 13.0. The molecule has 2 heterocycles. The fraction of sp³-hybridized carbons (Fsp3) is 0.316. The van der Waals surface area contributed by atoms with Gasteiger partial charge in [0, 0.05) is 11.6 Å². The highest BCUT2D eigenvalue weighted by molar-refractivity contribution is 6.36. The van der Waals surface area contributed by atoms with Gasteiger partial charge in [0.05, 0.1) is 16.8 Å². The summed E-state index contributed by atoms with van der Waals surface area (Å²) in [7, 11) is 0. The molecule has 0 radical (unpaired) electrons. The minimum Gasteiger partial charge on any atom is -0.366 e. The Morgan fingerprint density at radius 2 is 2.00 bits per heavy atom. The number of nitrogens with zero attached hydrogens (tertiary/aromatic N) is 3. The van der Waals surface area contributed by atoms with Gasteiger partial charge in [-0.25, -0.2) is 9.37 Å². The number of amides is 1. The summed E-state index contributed by atoms with van der Waals surface area (Å²) in [5.74, 6) is -0.647. The number of carbonyl (C=O) groups is 1. The van der Waals surface area contributed by atoms with Gasteiger partial charge in [-0.1, -0.05) is 44.0 Å². The summed E-state index contributed by atoms with van der Waals surface area (Å²) in [5.41, 5.74) is 6.63. The van der Waals surface area contributed by atoms with E-state index in [1.807, 2.05) is 6.92 Å². The highest BCUT2D eigenvalue weighted by atomic mass is 35.5. The number of aromatic nitrogens is 3. The number of fused-ring (bicyclic) bond motifs is 1. The Labute approximate surface area is 171 Å². The molecule has 3 N–H and O–H groups in total. The molecular weight excluding hydrogens is 404 g/mol. The van der Waals surface area contributed by atoms with Crippen molar-refractivity contribution in [1.82, 2.24) is 14.6 Å². The van der Waals surface area contributed by atoms with Crippen LogP contribution in [0.3, 0.4) is 0 Å². The second kappa shape index (κ2) is 7.22. The van der Waals surface area contributed by atoms with E-state index in [4.69, 9.17) is 28.9 Å². The predicted molar refractivity (Wildman–Crippen MR) is 109 cm³/mol. The van der Waals surface area contributed by atoms with Gasteiger partial charge in [0.1, 0.15) is 22.4 Å². The van der Waals surface area contributed by atoms with Crippen molar-refractivity contribution < 1.29 is 9.18 Å². The summed E-state index contributed by atoms with van der Waals surface area (Å²) < 4.78 is 15.0. The molecule has 9 heteroatoms. The molecule has 1 unspecified atom stereocenters. The van der Waals surface area contributed by atoms with Crippen LogP contribution in [0, 0.1) is 11.2 Å². The van der Waals surface area contributed by atoms with E-state index >= 15 is 0 Å². The monoisotopic (exact) mass is 423 g/mol. The highest BCUT2D eigenvalue weighted by Crippen LogP contribution is 2.40. The molecule has 3 aromatic rings. The normalized spacial score (nSPS) is 13.0. The maximum atomic E-state index is 13.6. The van der Waals surface area contributed by atoms with Crippen LogP contribution in [0.5, 0.6) is 0 Å². The van der Waals surface area contributed by atoms with Gasteiger partial charge in [-0.15, -0.1) is 0 Å². The van der Waals surface area contributed by atoms with Crippen molar-refractivity contribution in [3.63, 3.8) is 0 Å². The average molecular weight is 424 g/mol. The Balaban J connectivity index is 2.34. The van der Waals surface area contributed by atoms with Crippen LogP contribution in [0.15, 0.2) is 24.4 Å². The van der Waals surface area contributed by atoms with E-state index in [9.17, 15) is 9.18 Å². The van der Waals surface area contributed by atoms with Crippen molar-refractivity contribution >= 4 is 40.6 Å². The number of benzene rings is 1. The second-order valence-electron chi connectivity index (χ2n) is 7.64. The molecule has 6 nitrogen and oxygen atoms in total. The highest BCUT2D eigenvalue weighted by Gasteiger charge is 2.26. The molecule has 1 amide bonds. The molecule has 1 aromatic carbocycles. The number of rotatable bonds is 4. The largest absolute Gasteiger partial charge is 0.366 e. The van der Waals surface area contributed by atoms with Crippen LogP contribution >= 0.6 is 23.2 Å². The summed E-state index contributed by atoms with van der Waals surface area (Å²) in [6.45, 7) is 8.24. The van der Waals surface area contributed by atoms with Gasteiger partial charge in [-0.2, -0.15) is 9.61 Å². The molecule has 148 valence electrons. The van der Waals surface area contributed by atoms with Gasteiger partial charge in [-0.3, -0.25) is 4.79 Å². The van der Waals surface area contributed by atoms with Gasteiger partial charge in [0.2, 0.25) is 0 Å². The zero-order chi connectivity index (χ0) is 20.8. The van der Waals surface area contributed by atoms with Crippen molar-refractivity contribution in [1.29, 1.82) is 0 Å². The third kappa shape index (κ3) is 3.64. The number of primary amides is 1. The first-order valence-corrected chi connectivity index (χ1v) is 9.35. The maximum absolute atomic E-state index is 13.6. The number of anilines is 1. The van der Waals surface area contributed by atoms with Crippen molar-refractivity contribution in [2.75, 3.05) is 5.32 Å². The van der Waals surface area contributed by atoms with Gasteiger partial charge in [0.25, 0.3) is 5.91 Å². The molecule has 28 heavy (non-hydrogen) atoms. The zero-order valence-corrected chi connectivity index (χ0v) is 17.4. The molecule has 0 aliphatic carbocycles. The Bertz CT molecular complexity index is 1070. The third-order valence-corrected chi connectivity index (χ3v) is 5.31. The van der Waals surface area contributed by atoms with Gasteiger partial charge >= 0.3 is 0 Å². The van der Waals surface area contributed by atoms with Crippen LogP contribution in [-0.4, -0.2) is 26.5 Å². The fourth-order valence-corrected chi connectivity index (χ4v) is 3.16. The molecule has 2 aromatic heterocycles. The SMILES string of the molecule is CC(Nc1c(-c2ccc(F)cc2Cl)c(Cl)nc2c(C(N)=O)cnn12)C(C)(C)C. The van der Waals surface area contributed by atoms with E-state index < -0.39 is 11.7 Å². The van der Waals surface area contributed by atoms with E-state index in [1.54, 1.807) is 0 Å². The lowest BCUT2D eigenvalue weighted by molar-refractivity contribution is 0.100. The third-order valence-electron chi connectivity index (χ3n) is 4.72. The molecule has 3 rings (SSSR count). The standard InChI is InChI=1S/C19H20Cl2FN5O/c1-9(19(2,3)4)25-18-14(11-6-5-10(22)7-13(11)20)15(21)26-17-12(16(23)28)8-24-27(17)18/h5-9,25H,1-4H3,(H2,23,28). The maximum Gasteiger partial charge on any atom is 0.254 e. The van der Waals surface area contributed by atoms with Crippen molar-refractivity contribution in [3.8, 4) is 11.1 Å². The molecule has 0 aliphatic heterocycles. The van der Waals surface area contributed by atoms with E-state index in [2.05, 4.69) is 36.2 Å². The topological polar surface area (TPSA) is 85.3 Å². The molecule has 0 fully saturated rings. The molecule has 0 aliphatic rings. The quantitative estimate of drug-likeness (QED) is 0.590. The lowest BCUT2D eigenvalue weighted by Gasteiger charge is -2.30. The van der Waals surface area contributed by atoms with E-state index in [1.165, 1.54) is 28.9 Å². The Hall–Kier alpha value is -2.38. The lowest BCUT2D eigenvalue weighted by atomic mass is 9.88. The zero-order valence-electron chi connectivity index (χ0n) is 15.8. The van der Waals surface area contributed by atoms with E-state index in [-0.39, 0.29) is 32.8 Å². The summed E-state index contributed by atoms with van der Waals surface area (Å²) in [6.07, 6.45) is 1.34. The first-order valence-electron chi connectivity index (χ1n) is 8.59. The van der Waals surface area contributed by atoms with Gasteiger partial charge in [-0.05, 0) is 30.5 Å². The minimum absolute atomic E-state index is 0.0200. The fourth-order valence-electron chi connectivity index (χ4n) is 2.63. The number of carbonyl (C=O) groups excluding carboxylic acids is 1.